The van der Waals surface area contributed by atoms with Crippen molar-refractivity contribution in [1.29, 1.82) is 15.8 Å². The van der Waals surface area contributed by atoms with Gasteiger partial charge in [0.05, 0.1) is 121 Å². The van der Waals surface area contributed by atoms with E-state index in [1.165, 1.54) is 18.2 Å². The lowest BCUT2D eigenvalue weighted by Gasteiger charge is -2.17. The summed E-state index contributed by atoms with van der Waals surface area (Å²) in [6.45, 7) is 18.7. The first kappa shape index (κ1) is 59.2. The SMILES string of the molecule is [C-]#[N+]c1ccc(-c2nc3cc(C)c4c(-c5cccc(-c6c(F)c(F)c(F)c(F)c6F)c5)nc5ccccc5c4c3nc2-c2ccc(C#N)cc2)cc1.[C-]#[N+]c1ccc(-c2nc3cc(C)c4c(-c5cccc(C#N)c5)nc5ccccc5c4c3nc2-c2ccc(C#N)cc2)cc1. The van der Waals surface area contributed by atoms with E-state index in [9.17, 15) is 37.7 Å². The average molecular weight is 1240 g/mol. The van der Waals surface area contributed by atoms with Crippen molar-refractivity contribution in [2.75, 3.05) is 0 Å². The molecular formula is C79H40F5N11. The number of nitrogens with zero attached hydrogens (tertiary/aromatic N) is 11. The number of rotatable bonds is 7. The van der Waals surface area contributed by atoms with Gasteiger partial charge in [-0.15, -0.1) is 0 Å². The molecule has 0 saturated heterocycles. The summed E-state index contributed by atoms with van der Waals surface area (Å²) in [6, 6.07) is 67.7. The van der Waals surface area contributed by atoms with Crippen molar-refractivity contribution in [3.8, 4) is 96.9 Å². The summed E-state index contributed by atoms with van der Waals surface area (Å²) >= 11 is 0. The van der Waals surface area contributed by atoms with Gasteiger partial charge in [-0.3, -0.25) is 0 Å². The molecule has 15 rings (SSSR count). The molecule has 0 spiro atoms. The van der Waals surface area contributed by atoms with Crippen LogP contribution in [0.1, 0.15) is 27.8 Å². The first-order valence-electron chi connectivity index (χ1n) is 29.4. The molecule has 16 heteroatoms. The molecule has 4 aromatic heterocycles. The largest absolute Gasteiger partial charge is 0.247 e. The van der Waals surface area contributed by atoms with E-state index < -0.39 is 34.6 Å². The average Bonchev–Trinajstić information content (AvgIpc) is 0.731. The Morgan fingerprint density at radius 1 is 0.316 bits per heavy atom. The van der Waals surface area contributed by atoms with Gasteiger partial charge in [-0.05, 0) is 108 Å². The highest BCUT2D eigenvalue weighted by atomic mass is 19.2. The van der Waals surface area contributed by atoms with Crippen LogP contribution in [-0.2, 0) is 0 Å². The first-order chi connectivity index (χ1) is 46.2. The van der Waals surface area contributed by atoms with E-state index in [0.717, 1.165) is 77.2 Å². The highest BCUT2D eigenvalue weighted by Gasteiger charge is 2.28. The van der Waals surface area contributed by atoms with E-state index in [4.69, 9.17) is 43.0 Å². The van der Waals surface area contributed by atoms with Gasteiger partial charge in [0.25, 0.3) is 0 Å². The molecule has 0 aliphatic rings. The van der Waals surface area contributed by atoms with Crippen LogP contribution in [0.15, 0.2) is 206 Å². The highest BCUT2D eigenvalue weighted by molar-refractivity contribution is 6.24. The minimum Gasteiger partial charge on any atom is -0.247 e. The molecule has 95 heavy (non-hydrogen) atoms. The van der Waals surface area contributed by atoms with Gasteiger partial charge in [-0.1, -0.05) is 140 Å². The van der Waals surface area contributed by atoms with Crippen molar-refractivity contribution in [3.63, 3.8) is 0 Å². The van der Waals surface area contributed by atoms with Gasteiger partial charge in [-0.2, -0.15) is 15.8 Å². The van der Waals surface area contributed by atoms with E-state index >= 15 is 0 Å². The van der Waals surface area contributed by atoms with Crippen LogP contribution in [0.3, 0.4) is 0 Å². The molecule has 0 atom stereocenters. The Kier molecular flexibility index (Phi) is 15.0. The summed E-state index contributed by atoms with van der Waals surface area (Å²) < 4.78 is 72.3. The monoisotopic (exact) mass is 1240 g/mol. The second kappa shape index (κ2) is 24.1. The van der Waals surface area contributed by atoms with Gasteiger partial charge < -0.3 is 0 Å². The number of hydrogen-bond acceptors (Lipinski definition) is 9. The molecular weight excluding hydrogens is 1200 g/mol. The van der Waals surface area contributed by atoms with Crippen molar-refractivity contribution in [3.05, 3.63) is 286 Å². The van der Waals surface area contributed by atoms with E-state index in [1.54, 1.807) is 84.9 Å². The Labute approximate surface area is 538 Å². The van der Waals surface area contributed by atoms with E-state index in [2.05, 4.69) is 40.9 Å². The third-order valence-corrected chi connectivity index (χ3v) is 16.6. The molecule has 0 N–H and O–H groups in total. The summed E-state index contributed by atoms with van der Waals surface area (Å²) in [5.41, 5.74) is 15.0. The Balaban J connectivity index is 0.000000167. The number of nitriles is 3. The number of aromatic nitrogens is 6. The fraction of sp³-hybridized carbons (Fsp3) is 0.0253. The number of fused-ring (bicyclic) bond motifs is 10. The minimum absolute atomic E-state index is 0.219. The maximum absolute atomic E-state index is 15.0. The third-order valence-electron chi connectivity index (χ3n) is 16.6. The van der Waals surface area contributed by atoms with E-state index in [1.807, 2.05) is 104 Å². The fourth-order valence-corrected chi connectivity index (χ4v) is 12.1. The normalized spacial score (nSPS) is 11.1. The van der Waals surface area contributed by atoms with Crippen molar-refractivity contribution < 1.29 is 22.0 Å². The molecule has 0 saturated carbocycles. The lowest BCUT2D eigenvalue weighted by Crippen LogP contribution is -2.04. The van der Waals surface area contributed by atoms with Crippen molar-refractivity contribution in [2.45, 2.75) is 13.8 Å². The van der Waals surface area contributed by atoms with Crippen molar-refractivity contribution >= 4 is 76.8 Å². The van der Waals surface area contributed by atoms with Gasteiger partial charge in [0.2, 0.25) is 5.82 Å². The smallest absolute Gasteiger partial charge is 0.200 e. The Bertz CT molecular complexity index is 5950. The van der Waals surface area contributed by atoms with Crippen molar-refractivity contribution in [2.24, 2.45) is 0 Å². The first-order valence-corrected chi connectivity index (χ1v) is 29.4. The number of halogens is 5. The molecule has 11 aromatic carbocycles. The molecule has 446 valence electrons. The summed E-state index contributed by atoms with van der Waals surface area (Å²) in [5.74, 6) is -10.2. The number of para-hydroxylation sites is 2. The Morgan fingerprint density at radius 2 is 0.674 bits per heavy atom. The summed E-state index contributed by atoms with van der Waals surface area (Å²) in [4.78, 5) is 38.0. The molecule has 0 fully saturated rings. The topological polar surface area (TPSA) is 157 Å². The zero-order valence-corrected chi connectivity index (χ0v) is 49.9. The van der Waals surface area contributed by atoms with Gasteiger partial charge in [0, 0.05) is 54.6 Å². The van der Waals surface area contributed by atoms with Gasteiger partial charge >= 0.3 is 0 Å². The molecule has 0 aliphatic carbocycles. The second-order valence-corrected chi connectivity index (χ2v) is 22.3. The summed E-state index contributed by atoms with van der Waals surface area (Å²) in [7, 11) is 0. The van der Waals surface area contributed by atoms with Gasteiger partial charge in [-0.25, -0.2) is 61.5 Å². The summed E-state index contributed by atoms with van der Waals surface area (Å²) in [6.07, 6.45) is 0. The number of pyridine rings is 2. The van der Waals surface area contributed by atoms with Crippen LogP contribution in [0.2, 0.25) is 0 Å². The Morgan fingerprint density at radius 3 is 1.09 bits per heavy atom. The molecule has 4 heterocycles. The van der Waals surface area contributed by atoms with E-state index in [-0.39, 0.29) is 5.56 Å². The lowest BCUT2D eigenvalue weighted by atomic mass is 9.93. The predicted octanol–water partition coefficient (Wildman–Crippen LogP) is 20.4. The van der Waals surface area contributed by atoms with Crippen molar-refractivity contribution in [1.82, 2.24) is 29.9 Å². The number of aryl methyl sites for hydroxylation is 2. The fourth-order valence-electron chi connectivity index (χ4n) is 12.1. The van der Waals surface area contributed by atoms with Crippen LogP contribution in [0, 0.1) is 90.1 Å². The van der Waals surface area contributed by atoms with Crippen LogP contribution in [0.5, 0.6) is 0 Å². The molecule has 0 unspecified atom stereocenters. The maximum Gasteiger partial charge on any atom is 0.200 e. The zero-order chi connectivity index (χ0) is 65.8. The standard InChI is InChI=1S/C42H20F5N5.C37H20N6/c1-21-18-30-42(52-41(23-12-10-22(20-48)11-13-23)40(51-30)24-14-16-27(49-2)17-15-24)33-28-8-3-4-9-29(28)50-39(31(21)33)26-7-5-6-25(19-26)32-34(43)36(45)38(47)37(46)35(32)44;1-22-18-31-37(33-29-8-3-4-9-30(29)41-34(32(22)33)27-7-5-6-24(19-27)21-39)43-36(25-12-10-23(20-38)11-13-25)35(42-31)26-14-16-28(40-2)17-15-26/h3-19H,1H3;3-19H,1H3. The number of hydrogen-bond donors (Lipinski definition) is 0. The molecule has 11 nitrogen and oxygen atoms in total. The molecule has 0 bridgehead atoms. The van der Waals surface area contributed by atoms with E-state index in [0.29, 0.717) is 95.0 Å². The van der Waals surface area contributed by atoms with Crippen LogP contribution in [0.4, 0.5) is 33.3 Å². The molecule has 0 amide bonds. The Hall–Kier alpha value is -13.5. The third kappa shape index (κ3) is 10.4. The number of benzene rings is 11. The van der Waals surface area contributed by atoms with Crippen LogP contribution in [-0.4, -0.2) is 29.9 Å². The lowest BCUT2D eigenvalue weighted by molar-refractivity contribution is 0.381. The minimum atomic E-state index is -2.23. The maximum atomic E-state index is 15.0. The predicted molar refractivity (Wildman–Crippen MR) is 359 cm³/mol. The van der Waals surface area contributed by atoms with Crippen LogP contribution < -0.4 is 0 Å². The molecule has 15 aromatic rings. The van der Waals surface area contributed by atoms with Gasteiger partial charge in [0.1, 0.15) is 0 Å². The zero-order valence-electron chi connectivity index (χ0n) is 49.9. The van der Waals surface area contributed by atoms with Gasteiger partial charge in [0.15, 0.2) is 34.6 Å². The van der Waals surface area contributed by atoms with Crippen LogP contribution in [0.25, 0.3) is 154 Å². The second-order valence-electron chi connectivity index (χ2n) is 22.3. The summed E-state index contributed by atoms with van der Waals surface area (Å²) in [5, 5.41) is 33.4. The van der Waals surface area contributed by atoms with Crippen LogP contribution >= 0.6 is 0 Å². The molecule has 0 radical (unpaired) electrons. The quantitative estimate of drug-likeness (QED) is 0.0498. The highest BCUT2D eigenvalue weighted by Crippen LogP contribution is 2.45. The molecule has 0 aliphatic heterocycles.